The van der Waals surface area contributed by atoms with Crippen LogP contribution in [0.2, 0.25) is 0 Å². The van der Waals surface area contributed by atoms with Gasteiger partial charge < -0.3 is 39.9 Å². The van der Waals surface area contributed by atoms with Crippen LogP contribution in [0.4, 0.5) is 0 Å². The lowest BCUT2D eigenvalue weighted by molar-refractivity contribution is -0.220. The summed E-state index contributed by atoms with van der Waals surface area (Å²) in [6, 6.07) is 0. The van der Waals surface area contributed by atoms with Crippen molar-refractivity contribution in [1.29, 1.82) is 0 Å². The van der Waals surface area contributed by atoms with Crippen molar-refractivity contribution >= 4 is 19.8 Å². The molecule has 0 heterocycles. The number of carbonyl (C=O) groups is 2. The average Bonchev–Trinajstić information content (AvgIpc) is 3.23. The van der Waals surface area contributed by atoms with E-state index >= 15 is 0 Å². The molecule has 13 nitrogen and oxygen atoms in total. The summed E-state index contributed by atoms with van der Waals surface area (Å²) in [5.41, 5.74) is 0. The molecule has 1 rings (SSSR count). The second-order valence-electron chi connectivity index (χ2n) is 16.6. The number of esters is 2. The summed E-state index contributed by atoms with van der Waals surface area (Å²) >= 11 is 0. The Morgan fingerprint density at radius 2 is 0.900 bits per heavy atom. The number of allylic oxidation sites excluding steroid dienone is 4. The summed E-state index contributed by atoms with van der Waals surface area (Å²) in [6.45, 7) is 3.28. The van der Waals surface area contributed by atoms with Gasteiger partial charge in [-0.2, -0.15) is 0 Å². The molecule has 0 saturated heterocycles. The van der Waals surface area contributed by atoms with E-state index in [0.29, 0.717) is 12.8 Å². The molecule has 1 saturated carbocycles. The second-order valence-corrected chi connectivity index (χ2v) is 18.0. The van der Waals surface area contributed by atoms with Crippen LogP contribution in [0.5, 0.6) is 0 Å². The first kappa shape index (κ1) is 56.3. The normalized spacial score (nSPS) is 22.3. The van der Waals surface area contributed by atoms with Gasteiger partial charge in [-0.15, -0.1) is 0 Å². The van der Waals surface area contributed by atoms with Crippen molar-refractivity contribution in [3.05, 3.63) is 24.3 Å². The molecule has 1 aliphatic rings. The molecule has 14 heteroatoms. The summed E-state index contributed by atoms with van der Waals surface area (Å²) in [7, 11) is -5.12. The van der Waals surface area contributed by atoms with Crippen molar-refractivity contribution in [2.45, 2.75) is 243 Å². The van der Waals surface area contributed by atoms with Gasteiger partial charge in [-0.1, -0.05) is 167 Å². The number of rotatable bonds is 39. The first-order valence-electron chi connectivity index (χ1n) is 23.6. The highest BCUT2D eigenvalue weighted by Crippen LogP contribution is 2.47. The van der Waals surface area contributed by atoms with Crippen LogP contribution in [0.1, 0.15) is 200 Å². The van der Waals surface area contributed by atoms with Crippen molar-refractivity contribution in [2.24, 2.45) is 0 Å². The minimum atomic E-state index is -5.12. The molecule has 1 aliphatic carbocycles. The van der Waals surface area contributed by atoms with Crippen molar-refractivity contribution < 1.29 is 63.1 Å². The van der Waals surface area contributed by atoms with E-state index < -0.39 is 75.7 Å². The minimum absolute atomic E-state index is 0.0991. The topological polar surface area (TPSA) is 210 Å². The average molecular weight is 877 g/mol. The van der Waals surface area contributed by atoms with Crippen LogP contribution < -0.4 is 0 Å². The third-order valence-electron chi connectivity index (χ3n) is 11.0. The molecule has 1 fully saturated rings. The van der Waals surface area contributed by atoms with Crippen LogP contribution in [0.15, 0.2) is 24.3 Å². The van der Waals surface area contributed by atoms with Crippen LogP contribution in [0, 0.1) is 0 Å². The third kappa shape index (κ3) is 28.8. The summed E-state index contributed by atoms with van der Waals surface area (Å²) in [6.07, 6.45) is 26.5. The Kier molecular flexibility index (Phi) is 34.5. The molecule has 0 aliphatic heterocycles. The van der Waals surface area contributed by atoms with Crippen LogP contribution in [-0.4, -0.2) is 98.3 Å². The van der Waals surface area contributed by atoms with Gasteiger partial charge in [0.25, 0.3) is 0 Å². The number of unbranched alkanes of at least 4 members (excludes halogenated alkanes) is 23. The maximum Gasteiger partial charge on any atom is 0.472 e. The molecule has 6 unspecified atom stereocenters. The molecular weight excluding hydrogens is 791 g/mol. The van der Waals surface area contributed by atoms with E-state index in [2.05, 4.69) is 38.2 Å². The molecule has 0 spiro atoms. The maximum absolute atomic E-state index is 12.8. The Morgan fingerprint density at radius 3 is 1.38 bits per heavy atom. The predicted octanol–water partition coefficient (Wildman–Crippen LogP) is 9.23. The van der Waals surface area contributed by atoms with Crippen LogP contribution >= 0.6 is 7.82 Å². The molecule has 0 aromatic heterocycles. The second kappa shape index (κ2) is 36.8. The Bertz CT molecular complexity index is 1150. The number of ether oxygens (including phenoxy) is 2. The Balaban J connectivity index is 2.44. The summed E-state index contributed by atoms with van der Waals surface area (Å²) in [4.78, 5) is 35.7. The molecule has 0 amide bonds. The van der Waals surface area contributed by atoms with Crippen LogP contribution in [-0.2, 0) is 32.7 Å². The monoisotopic (exact) mass is 877 g/mol. The summed E-state index contributed by atoms with van der Waals surface area (Å²) in [5, 5.41) is 50.1. The van der Waals surface area contributed by atoms with Crippen molar-refractivity contribution in [3.8, 4) is 0 Å². The number of phosphoric acid groups is 1. The summed E-state index contributed by atoms with van der Waals surface area (Å²) in [5.74, 6) is -1.10. The maximum atomic E-state index is 12.8. The zero-order valence-electron chi connectivity index (χ0n) is 37.3. The van der Waals surface area contributed by atoms with Crippen LogP contribution in [0.3, 0.4) is 0 Å². The fourth-order valence-electron chi connectivity index (χ4n) is 7.20. The lowest BCUT2D eigenvalue weighted by Gasteiger charge is -2.41. The zero-order valence-corrected chi connectivity index (χ0v) is 38.2. The van der Waals surface area contributed by atoms with Gasteiger partial charge in [0, 0.05) is 12.8 Å². The first-order chi connectivity index (χ1) is 28.9. The van der Waals surface area contributed by atoms with E-state index in [1.165, 1.54) is 89.9 Å². The van der Waals surface area contributed by atoms with E-state index in [1.807, 2.05) is 0 Å². The third-order valence-corrected chi connectivity index (χ3v) is 12.0. The Morgan fingerprint density at radius 1 is 0.517 bits per heavy atom. The van der Waals surface area contributed by atoms with Gasteiger partial charge in [-0.05, 0) is 44.9 Å². The van der Waals surface area contributed by atoms with E-state index in [4.69, 9.17) is 18.5 Å². The fraction of sp³-hybridized carbons (Fsp3) is 0.870. The quantitative estimate of drug-likeness (QED) is 0.0147. The van der Waals surface area contributed by atoms with Gasteiger partial charge >= 0.3 is 19.8 Å². The van der Waals surface area contributed by atoms with Gasteiger partial charge in [-0.25, -0.2) is 4.57 Å². The van der Waals surface area contributed by atoms with E-state index in [0.717, 1.165) is 70.6 Å². The van der Waals surface area contributed by atoms with E-state index in [-0.39, 0.29) is 12.8 Å². The first-order valence-corrected chi connectivity index (χ1v) is 25.1. The lowest BCUT2D eigenvalue weighted by atomic mass is 9.85. The standard InChI is InChI=1S/C46H85O13P/c1-3-5-7-9-11-13-15-17-19-20-21-23-24-26-28-30-32-34-39(47)56-36-38(37-57-60(54,55)59-46-44(52)42(50)41(49)43(51)45(46)53)58-40(48)35-33-31-29-27-25-22-18-16-14-12-10-8-6-4-2/h11,13,17,19,38,41-46,49-53H,3-10,12,14-16,18,20-37H2,1-2H3,(H,54,55)/b13-11+,19-17+/t38-,41?,42-,43?,44?,45?,46?/m0/s1. The number of hydrogen-bond donors (Lipinski definition) is 6. The highest BCUT2D eigenvalue weighted by atomic mass is 31.2. The predicted molar refractivity (Wildman–Crippen MR) is 235 cm³/mol. The van der Waals surface area contributed by atoms with Gasteiger partial charge in [-0.3, -0.25) is 18.6 Å². The van der Waals surface area contributed by atoms with Crippen molar-refractivity contribution in [1.82, 2.24) is 0 Å². The van der Waals surface area contributed by atoms with E-state index in [1.54, 1.807) is 0 Å². The number of aliphatic hydroxyl groups excluding tert-OH is 5. The highest BCUT2D eigenvalue weighted by molar-refractivity contribution is 7.47. The molecule has 0 bridgehead atoms. The van der Waals surface area contributed by atoms with Crippen molar-refractivity contribution in [3.63, 3.8) is 0 Å². The van der Waals surface area contributed by atoms with E-state index in [9.17, 15) is 44.6 Å². The minimum Gasteiger partial charge on any atom is -0.462 e. The molecule has 0 aromatic carbocycles. The molecule has 0 aromatic rings. The number of carbonyl (C=O) groups excluding carboxylic acids is 2. The molecular formula is C46H85O13P. The molecule has 8 atom stereocenters. The lowest BCUT2D eigenvalue weighted by Crippen LogP contribution is -2.64. The number of hydrogen-bond acceptors (Lipinski definition) is 12. The molecule has 0 radical (unpaired) electrons. The fourth-order valence-corrected chi connectivity index (χ4v) is 8.17. The molecule has 60 heavy (non-hydrogen) atoms. The SMILES string of the molecule is CCCCC/C=C/C/C=C/CCCCCCCCCC(=O)OC[C@@H](COP(=O)(O)OC1C(O)C(O)C(O)[C@H](O)C1O)OC(=O)CCCCCCCCCCCCCCCC. The molecule has 352 valence electrons. The zero-order chi connectivity index (χ0) is 44.3. The highest BCUT2D eigenvalue weighted by Gasteiger charge is 2.51. The molecule has 6 N–H and O–H groups in total. The number of phosphoric ester groups is 1. The van der Waals surface area contributed by atoms with Gasteiger partial charge in [0.05, 0.1) is 6.61 Å². The van der Waals surface area contributed by atoms with Crippen molar-refractivity contribution in [2.75, 3.05) is 13.2 Å². The van der Waals surface area contributed by atoms with Crippen LogP contribution in [0.25, 0.3) is 0 Å². The van der Waals surface area contributed by atoms with Gasteiger partial charge in [0.15, 0.2) is 6.10 Å². The van der Waals surface area contributed by atoms with Gasteiger partial charge in [0.2, 0.25) is 0 Å². The Labute approximate surface area is 362 Å². The Hall–Kier alpha value is -1.67. The smallest absolute Gasteiger partial charge is 0.462 e. The number of aliphatic hydroxyl groups is 5. The largest absolute Gasteiger partial charge is 0.472 e. The van der Waals surface area contributed by atoms with Gasteiger partial charge in [0.1, 0.15) is 43.2 Å². The summed E-state index contributed by atoms with van der Waals surface area (Å²) < 4.78 is 33.5.